The number of nitrogens with one attached hydrogen (secondary N) is 2. The summed E-state index contributed by atoms with van der Waals surface area (Å²) in [5.41, 5.74) is 1.00. The van der Waals surface area contributed by atoms with Crippen LogP contribution in [0.3, 0.4) is 0 Å². The van der Waals surface area contributed by atoms with Gasteiger partial charge >= 0.3 is 0 Å². The molecule has 0 saturated heterocycles. The average molecular weight is 510 g/mol. The van der Waals surface area contributed by atoms with Crippen molar-refractivity contribution in [3.05, 3.63) is 29.8 Å². The Balaban J connectivity index is 0.00000676. The van der Waals surface area contributed by atoms with Crippen LogP contribution >= 0.6 is 24.0 Å². The lowest BCUT2D eigenvalue weighted by atomic mass is 9.99. The number of guanidine groups is 1. The van der Waals surface area contributed by atoms with Crippen molar-refractivity contribution in [3.63, 3.8) is 0 Å². The van der Waals surface area contributed by atoms with Crippen molar-refractivity contribution in [2.45, 2.75) is 51.0 Å². The van der Waals surface area contributed by atoms with Crippen molar-refractivity contribution in [3.8, 4) is 0 Å². The zero-order chi connectivity index (χ0) is 19.6. The smallest absolute Gasteiger partial charge is 0.242 e. The molecule has 0 amide bonds. The fourth-order valence-corrected chi connectivity index (χ4v) is 3.48. The van der Waals surface area contributed by atoms with E-state index in [1.165, 1.54) is 37.7 Å². The molecule has 8 heteroatoms. The van der Waals surface area contributed by atoms with Crippen LogP contribution < -0.4 is 10.6 Å². The molecule has 1 atom stereocenters. The molecule has 0 aliphatic rings. The number of nitrogens with zero attached hydrogens (tertiary/aromatic N) is 2. The summed E-state index contributed by atoms with van der Waals surface area (Å²) in [4.78, 5) is 4.56. The largest absolute Gasteiger partial charge is 0.356 e. The second-order valence-electron chi connectivity index (χ2n) is 6.65. The number of benzene rings is 1. The lowest BCUT2D eigenvalue weighted by molar-refractivity contribution is 0.443. The number of rotatable bonds is 10. The van der Waals surface area contributed by atoms with E-state index in [0.717, 1.165) is 24.5 Å². The van der Waals surface area contributed by atoms with Gasteiger partial charge in [-0.15, -0.1) is 24.0 Å². The van der Waals surface area contributed by atoms with Crippen molar-refractivity contribution in [2.24, 2.45) is 10.9 Å². The van der Waals surface area contributed by atoms with Crippen LogP contribution in [-0.4, -0.2) is 46.4 Å². The van der Waals surface area contributed by atoms with Crippen LogP contribution in [-0.2, 0) is 16.6 Å². The summed E-state index contributed by atoms with van der Waals surface area (Å²) >= 11 is 0. The summed E-state index contributed by atoms with van der Waals surface area (Å²) in [6.07, 6.45) is 4.88. The van der Waals surface area contributed by atoms with E-state index in [9.17, 15) is 8.42 Å². The molecular weight excluding hydrogens is 475 g/mol. The van der Waals surface area contributed by atoms with E-state index in [1.54, 1.807) is 19.2 Å². The van der Waals surface area contributed by atoms with Crippen molar-refractivity contribution >= 4 is 40.0 Å². The Morgan fingerprint density at radius 1 is 1.15 bits per heavy atom. The molecule has 2 N–H and O–H groups in total. The van der Waals surface area contributed by atoms with E-state index in [-0.39, 0.29) is 24.0 Å². The van der Waals surface area contributed by atoms with Gasteiger partial charge in [-0.05, 0) is 30.0 Å². The van der Waals surface area contributed by atoms with Crippen LogP contribution in [0, 0.1) is 5.92 Å². The highest BCUT2D eigenvalue weighted by Crippen LogP contribution is 2.14. The van der Waals surface area contributed by atoms with E-state index in [0.29, 0.717) is 17.4 Å². The predicted octanol–water partition coefficient (Wildman–Crippen LogP) is 3.44. The number of hydrogen-bond acceptors (Lipinski definition) is 3. The summed E-state index contributed by atoms with van der Waals surface area (Å²) in [6, 6.07) is 6.93. The predicted molar refractivity (Wildman–Crippen MR) is 124 cm³/mol. The third-order valence-corrected chi connectivity index (χ3v) is 6.32. The first-order valence-electron chi connectivity index (χ1n) is 9.31. The molecule has 0 aliphatic heterocycles. The third-order valence-electron chi connectivity index (χ3n) is 4.49. The molecule has 1 aromatic rings. The maximum absolute atomic E-state index is 12.1. The van der Waals surface area contributed by atoms with Gasteiger partial charge < -0.3 is 10.6 Å². The van der Waals surface area contributed by atoms with Crippen LogP contribution in [0.4, 0.5) is 0 Å². The van der Waals surface area contributed by atoms with Gasteiger partial charge in [0, 0.05) is 34.2 Å². The Morgan fingerprint density at radius 3 is 2.26 bits per heavy atom. The SMILES string of the molecule is CCCCC(CC)CNC(=NC)NCc1ccc(S(=O)(=O)N(C)C)cc1.I. The third kappa shape index (κ3) is 8.78. The molecule has 0 spiro atoms. The van der Waals surface area contributed by atoms with Crippen molar-refractivity contribution in [2.75, 3.05) is 27.7 Å². The zero-order valence-electron chi connectivity index (χ0n) is 17.2. The van der Waals surface area contributed by atoms with Gasteiger partial charge in [0.25, 0.3) is 0 Å². The number of sulfonamides is 1. The molecule has 1 rings (SSSR count). The Kier molecular flexibility index (Phi) is 12.9. The molecule has 6 nitrogen and oxygen atoms in total. The highest BCUT2D eigenvalue weighted by Gasteiger charge is 2.16. The molecule has 0 bridgehead atoms. The van der Waals surface area contributed by atoms with E-state index in [4.69, 9.17) is 0 Å². The minimum Gasteiger partial charge on any atom is -0.356 e. The van der Waals surface area contributed by atoms with Gasteiger partial charge in [-0.25, -0.2) is 12.7 Å². The molecular formula is C19H35IN4O2S. The van der Waals surface area contributed by atoms with Crippen molar-refractivity contribution in [1.29, 1.82) is 0 Å². The molecule has 27 heavy (non-hydrogen) atoms. The Labute approximate surface area is 182 Å². The fraction of sp³-hybridized carbons (Fsp3) is 0.632. The Bertz CT molecular complexity index is 661. The molecule has 0 aliphatic carbocycles. The molecule has 0 aromatic heterocycles. The van der Waals surface area contributed by atoms with E-state index >= 15 is 0 Å². The zero-order valence-corrected chi connectivity index (χ0v) is 20.3. The number of aliphatic imine (C=N–C) groups is 1. The Hall–Kier alpha value is -0.870. The maximum atomic E-state index is 12.1. The van der Waals surface area contributed by atoms with E-state index in [1.807, 2.05) is 12.1 Å². The van der Waals surface area contributed by atoms with Crippen LogP contribution in [0.2, 0.25) is 0 Å². The first-order valence-corrected chi connectivity index (χ1v) is 10.7. The first-order chi connectivity index (χ1) is 12.3. The molecule has 1 aromatic carbocycles. The lowest BCUT2D eigenvalue weighted by Crippen LogP contribution is -2.39. The number of unbranched alkanes of at least 4 members (excludes halogenated alkanes) is 1. The second kappa shape index (κ2) is 13.3. The van der Waals surface area contributed by atoms with Crippen LogP contribution in [0.5, 0.6) is 0 Å². The van der Waals surface area contributed by atoms with Gasteiger partial charge in [-0.3, -0.25) is 4.99 Å². The van der Waals surface area contributed by atoms with Gasteiger partial charge in [0.15, 0.2) is 5.96 Å². The normalized spacial score (nSPS) is 13.2. The number of hydrogen-bond donors (Lipinski definition) is 2. The van der Waals surface area contributed by atoms with E-state index < -0.39 is 10.0 Å². The fourth-order valence-electron chi connectivity index (χ4n) is 2.58. The summed E-state index contributed by atoms with van der Waals surface area (Å²) in [7, 11) is 1.44. The maximum Gasteiger partial charge on any atom is 0.242 e. The van der Waals surface area contributed by atoms with Gasteiger partial charge in [-0.2, -0.15) is 0 Å². The molecule has 1 unspecified atom stereocenters. The standard InChI is InChI=1S/C19H34N4O2S.HI/c1-6-8-9-16(7-2)14-21-19(20-3)22-15-17-10-12-18(13-11-17)26(24,25)23(4)5;/h10-13,16H,6-9,14-15H2,1-5H3,(H2,20,21,22);1H. The molecule has 0 fully saturated rings. The topological polar surface area (TPSA) is 73.8 Å². The van der Waals surface area contributed by atoms with E-state index in [2.05, 4.69) is 29.5 Å². The van der Waals surface area contributed by atoms with Crippen molar-refractivity contribution < 1.29 is 8.42 Å². The Morgan fingerprint density at radius 2 is 1.78 bits per heavy atom. The van der Waals surface area contributed by atoms with Gasteiger partial charge in [-0.1, -0.05) is 45.2 Å². The lowest BCUT2D eigenvalue weighted by Gasteiger charge is -2.18. The molecule has 0 saturated carbocycles. The molecule has 0 radical (unpaired) electrons. The highest BCUT2D eigenvalue weighted by atomic mass is 127. The first kappa shape index (κ1) is 26.1. The summed E-state index contributed by atoms with van der Waals surface area (Å²) in [5.74, 6) is 1.42. The van der Waals surface area contributed by atoms with Crippen LogP contribution in [0.25, 0.3) is 0 Å². The quantitative estimate of drug-likeness (QED) is 0.288. The summed E-state index contributed by atoms with van der Waals surface area (Å²) < 4.78 is 25.4. The minimum atomic E-state index is -3.38. The average Bonchev–Trinajstić information content (AvgIpc) is 2.64. The minimum absolute atomic E-state index is 0. The summed E-state index contributed by atoms with van der Waals surface area (Å²) in [5, 5.41) is 6.67. The summed E-state index contributed by atoms with van der Waals surface area (Å²) in [6.45, 7) is 5.95. The molecule has 0 heterocycles. The highest BCUT2D eigenvalue weighted by molar-refractivity contribution is 14.0. The van der Waals surface area contributed by atoms with Crippen molar-refractivity contribution in [1.82, 2.24) is 14.9 Å². The van der Waals surface area contributed by atoms with Gasteiger partial charge in [0.05, 0.1) is 4.90 Å². The van der Waals surface area contributed by atoms with Gasteiger partial charge in [0.1, 0.15) is 0 Å². The van der Waals surface area contributed by atoms with Crippen LogP contribution in [0.15, 0.2) is 34.2 Å². The molecule has 156 valence electrons. The number of halogens is 1. The monoisotopic (exact) mass is 510 g/mol. The second-order valence-corrected chi connectivity index (χ2v) is 8.81. The van der Waals surface area contributed by atoms with Gasteiger partial charge in [0.2, 0.25) is 10.0 Å². The van der Waals surface area contributed by atoms with Crippen LogP contribution in [0.1, 0.15) is 45.1 Å².